The maximum absolute atomic E-state index is 14.5. The van der Waals surface area contributed by atoms with Crippen LogP contribution in [0.25, 0.3) is 11.1 Å². The smallest absolute Gasteiger partial charge is 0.422 e. The van der Waals surface area contributed by atoms with Gasteiger partial charge in [0.25, 0.3) is 5.91 Å². The number of carbonyl (C=O) groups excluding carboxylic acids is 1. The maximum atomic E-state index is 14.5. The fraction of sp³-hybridized carbons (Fsp3) is 0.200. The largest absolute Gasteiger partial charge is 0.482 e. The van der Waals surface area contributed by atoms with Gasteiger partial charge in [0.1, 0.15) is 5.75 Å². The van der Waals surface area contributed by atoms with E-state index in [1.807, 2.05) is 0 Å². The van der Waals surface area contributed by atoms with Crippen molar-refractivity contribution >= 4 is 17.6 Å². The Hall–Kier alpha value is -3.85. The molecule has 1 aliphatic rings. The Balaban J connectivity index is 1.92. The molecule has 34 heavy (non-hydrogen) atoms. The summed E-state index contributed by atoms with van der Waals surface area (Å²) in [5, 5.41) is 23.2. The van der Waals surface area contributed by atoms with E-state index in [-0.39, 0.29) is 29.2 Å². The highest BCUT2D eigenvalue weighted by Gasteiger charge is 2.59. The molecular formula is C25H20F3NO5. The van der Waals surface area contributed by atoms with Crippen molar-refractivity contribution in [3.63, 3.8) is 0 Å². The molecule has 1 aliphatic heterocycles. The Kier molecular flexibility index (Phi) is 5.82. The van der Waals surface area contributed by atoms with Crippen LogP contribution in [0.2, 0.25) is 0 Å². The van der Waals surface area contributed by atoms with E-state index in [0.717, 1.165) is 18.2 Å². The molecule has 2 unspecified atom stereocenters. The molecule has 3 N–H and O–H groups in total. The number of carbonyl (C=O) groups is 2. The summed E-state index contributed by atoms with van der Waals surface area (Å²) in [5.74, 6) is -3.29. The normalized spacial score (nSPS) is 16.0. The zero-order chi connectivity index (χ0) is 24.7. The number of aromatic carboxylic acids is 1. The lowest BCUT2D eigenvalue weighted by molar-refractivity contribution is -0.274. The fourth-order valence-electron chi connectivity index (χ4n) is 4.14. The average Bonchev–Trinajstić information content (AvgIpc) is 2.82. The minimum absolute atomic E-state index is 0.00364. The predicted molar refractivity (Wildman–Crippen MR) is 118 cm³/mol. The van der Waals surface area contributed by atoms with Gasteiger partial charge in [0.15, 0.2) is 12.2 Å². The predicted octanol–water partition coefficient (Wildman–Crippen LogP) is 4.94. The molecule has 0 spiro atoms. The van der Waals surface area contributed by atoms with Crippen molar-refractivity contribution < 1.29 is 37.7 Å². The van der Waals surface area contributed by atoms with Crippen LogP contribution in [-0.2, 0) is 10.4 Å². The number of aliphatic hydroxyl groups is 1. The van der Waals surface area contributed by atoms with E-state index >= 15 is 0 Å². The van der Waals surface area contributed by atoms with E-state index in [4.69, 9.17) is 4.74 Å². The highest BCUT2D eigenvalue weighted by molar-refractivity contribution is 5.95. The third kappa shape index (κ3) is 3.99. The zero-order valence-corrected chi connectivity index (χ0v) is 17.9. The minimum atomic E-state index is -5.15. The van der Waals surface area contributed by atoms with Crippen LogP contribution < -0.4 is 10.1 Å². The van der Waals surface area contributed by atoms with E-state index < -0.39 is 35.1 Å². The Bertz CT molecular complexity index is 1260. The van der Waals surface area contributed by atoms with E-state index in [0.29, 0.717) is 11.1 Å². The molecule has 1 heterocycles. The highest BCUT2D eigenvalue weighted by Crippen LogP contribution is 2.51. The number of nitrogens with one attached hydrogen (secondary N) is 1. The Labute approximate surface area is 192 Å². The van der Waals surface area contributed by atoms with Crippen molar-refractivity contribution in [2.45, 2.75) is 24.6 Å². The number of hydrogen-bond acceptors (Lipinski definition) is 4. The molecule has 0 aliphatic carbocycles. The number of hydrogen-bond donors (Lipinski definition) is 3. The molecule has 4 rings (SSSR count). The molecule has 0 saturated heterocycles. The van der Waals surface area contributed by atoms with Gasteiger partial charge in [-0.15, -0.1) is 0 Å². The number of ether oxygens (including phenoxy) is 1. The van der Waals surface area contributed by atoms with Gasteiger partial charge in [0.2, 0.25) is 0 Å². The van der Waals surface area contributed by atoms with E-state index in [9.17, 15) is 33.0 Å². The molecule has 176 valence electrons. The van der Waals surface area contributed by atoms with Crippen LogP contribution in [0, 0.1) is 0 Å². The molecule has 0 bridgehead atoms. The molecule has 0 radical (unpaired) electrons. The molecule has 1 amide bonds. The van der Waals surface area contributed by atoms with Crippen LogP contribution in [0.15, 0.2) is 66.7 Å². The van der Waals surface area contributed by atoms with Gasteiger partial charge in [-0.25, -0.2) is 4.79 Å². The quantitative estimate of drug-likeness (QED) is 0.490. The summed E-state index contributed by atoms with van der Waals surface area (Å²) in [7, 11) is 0. The van der Waals surface area contributed by atoms with Crippen molar-refractivity contribution in [3.8, 4) is 16.9 Å². The summed E-state index contributed by atoms with van der Waals surface area (Å²) < 4.78 is 48.8. The minimum Gasteiger partial charge on any atom is -0.482 e. The van der Waals surface area contributed by atoms with Crippen molar-refractivity contribution in [2.24, 2.45) is 0 Å². The topological polar surface area (TPSA) is 95.9 Å². The second kappa shape index (κ2) is 8.49. The highest BCUT2D eigenvalue weighted by atomic mass is 19.4. The monoisotopic (exact) mass is 471 g/mol. The second-order valence-corrected chi connectivity index (χ2v) is 8.01. The molecular weight excluding hydrogens is 451 g/mol. The number of benzene rings is 3. The van der Waals surface area contributed by atoms with Crippen LogP contribution in [0.1, 0.15) is 34.3 Å². The molecule has 2 atom stereocenters. The number of amides is 1. The third-order valence-corrected chi connectivity index (χ3v) is 5.96. The van der Waals surface area contributed by atoms with Crippen molar-refractivity contribution in [3.05, 3.63) is 83.4 Å². The number of alkyl halides is 3. The number of carboxylic acid groups (broad SMARTS) is 1. The second-order valence-electron chi connectivity index (χ2n) is 8.01. The third-order valence-electron chi connectivity index (χ3n) is 5.96. The van der Waals surface area contributed by atoms with E-state index in [1.54, 1.807) is 30.3 Å². The molecule has 3 aromatic rings. The first-order valence-electron chi connectivity index (χ1n) is 10.3. The number of carboxylic acids is 1. The Morgan fingerprint density at radius 2 is 1.76 bits per heavy atom. The molecule has 0 aromatic heterocycles. The van der Waals surface area contributed by atoms with Gasteiger partial charge in [-0.1, -0.05) is 49.4 Å². The summed E-state index contributed by atoms with van der Waals surface area (Å²) in [6.07, 6.45) is -5.15. The Morgan fingerprint density at radius 3 is 2.41 bits per heavy atom. The van der Waals surface area contributed by atoms with Gasteiger partial charge in [0.05, 0.1) is 11.3 Å². The Morgan fingerprint density at radius 1 is 1.06 bits per heavy atom. The lowest BCUT2D eigenvalue weighted by Crippen LogP contribution is -2.46. The van der Waals surface area contributed by atoms with Crippen LogP contribution in [0.4, 0.5) is 18.9 Å². The van der Waals surface area contributed by atoms with Gasteiger partial charge in [-0.3, -0.25) is 4.79 Å². The first kappa shape index (κ1) is 23.3. The summed E-state index contributed by atoms with van der Waals surface area (Å²) in [4.78, 5) is 23.3. The van der Waals surface area contributed by atoms with Gasteiger partial charge < -0.3 is 20.3 Å². The van der Waals surface area contributed by atoms with E-state index in [1.165, 1.54) is 25.1 Å². The molecule has 9 heteroatoms. The first-order valence-corrected chi connectivity index (χ1v) is 10.3. The lowest BCUT2D eigenvalue weighted by Gasteiger charge is -2.38. The SMILES string of the molecule is CC(c1cc(C(=O)O)ccc1-c1ccccc1)C(O)(c1ccc2c(c1)NC(=O)CO2)C(F)(F)F. The molecule has 0 saturated carbocycles. The van der Waals surface area contributed by atoms with Crippen molar-refractivity contribution in [2.75, 3.05) is 11.9 Å². The van der Waals surface area contributed by atoms with Gasteiger partial charge in [-0.2, -0.15) is 13.2 Å². The van der Waals surface area contributed by atoms with Crippen LogP contribution in [-0.4, -0.2) is 34.9 Å². The number of rotatable bonds is 5. The zero-order valence-electron chi connectivity index (χ0n) is 17.9. The van der Waals surface area contributed by atoms with Crippen LogP contribution >= 0.6 is 0 Å². The summed E-state index contributed by atoms with van der Waals surface area (Å²) in [6, 6.07) is 15.8. The van der Waals surface area contributed by atoms with E-state index in [2.05, 4.69) is 5.32 Å². The number of halogens is 3. The summed E-state index contributed by atoms with van der Waals surface area (Å²) in [5.41, 5.74) is -3.21. The van der Waals surface area contributed by atoms with Crippen molar-refractivity contribution in [1.82, 2.24) is 0 Å². The van der Waals surface area contributed by atoms with Crippen LogP contribution in [0.3, 0.4) is 0 Å². The van der Waals surface area contributed by atoms with Gasteiger partial charge >= 0.3 is 12.1 Å². The van der Waals surface area contributed by atoms with Gasteiger partial charge in [-0.05, 0) is 46.5 Å². The summed E-state index contributed by atoms with van der Waals surface area (Å²) in [6.45, 7) is 0.921. The standard InChI is InChI=1S/C25H20F3NO5/c1-14(19-11-16(23(31)32)7-9-18(19)15-5-3-2-4-6-15)24(33,25(26,27)28)17-8-10-21-20(12-17)29-22(30)13-34-21/h2-12,14,33H,13H2,1H3,(H,29,30)(H,31,32). The fourth-order valence-corrected chi connectivity index (χ4v) is 4.14. The van der Waals surface area contributed by atoms with Gasteiger partial charge in [0, 0.05) is 5.92 Å². The first-order chi connectivity index (χ1) is 16.0. The number of anilines is 1. The summed E-state index contributed by atoms with van der Waals surface area (Å²) >= 11 is 0. The average molecular weight is 471 g/mol. The van der Waals surface area contributed by atoms with Crippen molar-refractivity contribution in [1.29, 1.82) is 0 Å². The maximum Gasteiger partial charge on any atom is 0.422 e. The van der Waals surface area contributed by atoms with Crippen LogP contribution in [0.5, 0.6) is 5.75 Å². The number of fused-ring (bicyclic) bond motifs is 1. The molecule has 6 nitrogen and oxygen atoms in total. The molecule has 3 aromatic carbocycles. The molecule has 0 fully saturated rings. The lowest BCUT2D eigenvalue weighted by atomic mass is 9.75.